The van der Waals surface area contributed by atoms with Gasteiger partial charge in [0.15, 0.2) is 0 Å². The van der Waals surface area contributed by atoms with Gasteiger partial charge >= 0.3 is 7.12 Å². The number of nitrogens with one attached hydrogen (secondary N) is 1. The Kier molecular flexibility index (Phi) is 2.72. The molecule has 1 saturated heterocycles. The first kappa shape index (κ1) is 13.2. The monoisotopic (exact) mass is 268 g/mol. The van der Waals surface area contributed by atoms with Gasteiger partial charge in [-0.3, -0.25) is 0 Å². The Morgan fingerprint density at radius 1 is 1.15 bits per heavy atom. The molecule has 20 heavy (non-hydrogen) atoms. The van der Waals surface area contributed by atoms with Crippen molar-refractivity contribution in [3.8, 4) is 6.07 Å². The molecule has 1 fully saturated rings. The minimum atomic E-state index is -0.452. The Bertz CT molecular complexity index is 696. The van der Waals surface area contributed by atoms with E-state index in [1.54, 1.807) is 6.20 Å². The second kappa shape index (κ2) is 4.11. The molecule has 3 rings (SSSR count). The van der Waals surface area contributed by atoms with Gasteiger partial charge in [0.1, 0.15) is 6.07 Å². The summed E-state index contributed by atoms with van der Waals surface area (Å²) < 4.78 is 12.2. The second-order valence-electron chi connectivity index (χ2n) is 6.17. The van der Waals surface area contributed by atoms with Crippen molar-refractivity contribution in [2.75, 3.05) is 0 Å². The maximum atomic E-state index is 9.25. The Labute approximate surface area is 118 Å². The van der Waals surface area contributed by atoms with Gasteiger partial charge in [-0.15, -0.1) is 0 Å². The molecule has 0 bridgehead atoms. The number of H-pyrrole nitrogens is 1. The van der Waals surface area contributed by atoms with E-state index in [0.717, 1.165) is 16.4 Å². The highest BCUT2D eigenvalue weighted by atomic mass is 16.7. The van der Waals surface area contributed by atoms with Gasteiger partial charge in [-0.05, 0) is 39.2 Å². The van der Waals surface area contributed by atoms with E-state index in [2.05, 4.69) is 11.1 Å². The zero-order valence-corrected chi connectivity index (χ0v) is 12.2. The molecule has 1 aliphatic rings. The molecule has 0 radical (unpaired) electrons. The Morgan fingerprint density at radius 3 is 2.40 bits per heavy atom. The highest BCUT2D eigenvalue weighted by Crippen LogP contribution is 2.37. The number of hydrogen-bond acceptors (Lipinski definition) is 3. The van der Waals surface area contributed by atoms with Crippen LogP contribution in [-0.4, -0.2) is 23.3 Å². The summed E-state index contributed by atoms with van der Waals surface area (Å²) in [4.78, 5) is 3.11. The third-order valence-electron chi connectivity index (χ3n) is 4.37. The van der Waals surface area contributed by atoms with Crippen LogP contribution >= 0.6 is 0 Å². The van der Waals surface area contributed by atoms with Gasteiger partial charge in [0.2, 0.25) is 0 Å². The van der Waals surface area contributed by atoms with Crippen LogP contribution in [0.3, 0.4) is 0 Å². The molecule has 1 aromatic heterocycles. The Morgan fingerprint density at radius 2 is 1.80 bits per heavy atom. The Balaban J connectivity index is 2.13. The zero-order valence-electron chi connectivity index (χ0n) is 12.2. The molecule has 0 atom stereocenters. The molecule has 2 heterocycles. The molecule has 1 aliphatic heterocycles. The lowest BCUT2D eigenvalue weighted by atomic mass is 9.76. The van der Waals surface area contributed by atoms with Crippen LogP contribution in [0.4, 0.5) is 0 Å². The standard InChI is InChI=1S/C15H17BN2O2/c1-14(2)15(3,4)20-16(19-14)11-6-5-7-12-13(11)10(8-17)9-18-12/h5-7,9,18H,1-4H3. The molecule has 0 saturated carbocycles. The SMILES string of the molecule is CC1(C)OB(c2cccc3[nH]cc(C#N)c23)OC1(C)C. The first-order chi connectivity index (χ1) is 9.36. The lowest BCUT2D eigenvalue weighted by Gasteiger charge is -2.32. The first-order valence-electron chi connectivity index (χ1n) is 6.71. The molecular formula is C15H17BN2O2. The summed E-state index contributed by atoms with van der Waals surface area (Å²) in [6.07, 6.45) is 1.72. The number of rotatable bonds is 1. The van der Waals surface area contributed by atoms with Crippen molar-refractivity contribution < 1.29 is 9.31 Å². The van der Waals surface area contributed by atoms with E-state index in [0.29, 0.717) is 5.56 Å². The topological polar surface area (TPSA) is 58.0 Å². The highest BCUT2D eigenvalue weighted by molar-refractivity contribution is 6.65. The molecule has 1 aromatic carbocycles. The van der Waals surface area contributed by atoms with Crippen LogP contribution in [0.5, 0.6) is 0 Å². The van der Waals surface area contributed by atoms with Gasteiger partial charge in [-0.2, -0.15) is 5.26 Å². The van der Waals surface area contributed by atoms with E-state index in [1.807, 2.05) is 45.9 Å². The fourth-order valence-electron chi connectivity index (χ4n) is 2.47. The van der Waals surface area contributed by atoms with E-state index >= 15 is 0 Å². The first-order valence-corrected chi connectivity index (χ1v) is 6.71. The van der Waals surface area contributed by atoms with Crippen LogP contribution < -0.4 is 5.46 Å². The minimum absolute atomic E-state index is 0.386. The van der Waals surface area contributed by atoms with Crippen molar-refractivity contribution >= 4 is 23.5 Å². The van der Waals surface area contributed by atoms with E-state index in [1.165, 1.54) is 0 Å². The lowest BCUT2D eigenvalue weighted by Crippen LogP contribution is -2.41. The van der Waals surface area contributed by atoms with E-state index in [9.17, 15) is 5.26 Å². The number of benzene rings is 1. The molecule has 5 heteroatoms. The van der Waals surface area contributed by atoms with Crippen molar-refractivity contribution in [3.05, 3.63) is 30.0 Å². The van der Waals surface area contributed by atoms with Gasteiger partial charge in [0, 0.05) is 17.1 Å². The minimum Gasteiger partial charge on any atom is -0.399 e. The third-order valence-corrected chi connectivity index (χ3v) is 4.37. The van der Waals surface area contributed by atoms with Gasteiger partial charge in [0.05, 0.1) is 16.8 Å². The predicted octanol–water partition coefficient (Wildman–Crippen LogP) is 2.34. The molecule has 4 nitrogen and oxygen atoms in total. The van der Waals surface area contributed by atoms with Crippen molar-refractivity contribution in [2.24, 2.45) is 0 Å². The average Bonchev–Trinajstić information content (AvgIpc) is 2.88. The van der Waals surface area contributed by atoms with Crippen LogP contribution in [0.25, 0.3) is 10.9 Å². The fourth-order valence-corrected chi connectivity index (χ4v) is 2.47. The van der Waals surface area contributed by atoms with Crippen LogP contribution in [0.2, 0.25) is 0 Å². The molecule has 1 N–H and O–H groups in total. The second-order valence-corrected chi connectivity index (χ2v) is 6.17. The summed E-state index contributed by atoms with van der Waals surface area (Å²) in [7, 11) is -0.452. The molecule has 0 spiro atoms. The maximum absolute atomic E-state index is 9.25. The summed E-state index contributed by atoms with van der Waals surface area (Å²) in [6, 6.07) is 8.06. The van der Waals surface area contributed by atoms with Gasteiger partial charge in [-0.25, -0.2) is 0 Å². The summed E-state index contributed by atoms with van der Waals surface area (Å²) in [5, 5.41) is 10.1. The van der Waals surface area contributed by atoms with Crippen LogP contribution in [0.15, 0.2) is 24.4 Å². The van der Waals surface area contributed by atoms with E-state index in [4.69, 9.17) is 9.31 Å². The van der Waals surface area contributed by atoms with Gasteiger partial charge < -0.3 is 14.3 Å². The maximum Gasteiger partial charge on any atom is 0.495 e. The molecular weight excluding hydrogens is 251 g/mol. The van der Waals surface area contributed by atoms with Gasteiger partial charge in [0.25, 0.3) is 0 Å². The van der Waals surface area contributed by atoms with Crippen LogP contribution in [0.1, 0.15) is 33.3 Å². The van der Waals surface area contributed by atoms with Crippen molar-refractivity contribution in [2.45, 2.75) is 38.9 Å². The van der Waals surface area contributed by atoms with E-state index in [-0.39, 0.29) is 11.2 Å². The number of nitrogens with zero attached hydrogens (tertiary/aromatic N) is 1. The average molecular weight is 268 g/mol. The summed E-state index contributed by atoms with van der Waals surface area (Å²) in [6.45, 7) is 8.09. The lowest BCUT2D eigenvalue weighted by molar-refractivity contribution is 0.00578. The fraction of sp³-hybridized carbons (Fsp3) is 0.400. The van der Waals surface area contributed by atoms with Gasteiger partial charge in [-0.1, -0.05) is 12.1 Å². The molecule has 0 amide bonds. The summed E-state index contributed by atoms with van der Waals surface area (Å²) in [5.41, 5.74) is 1.67. The quantitative estimate of drug-likeness (QED) is 0.807. The van der Waals surface area contributed by atoms with Crippen LogP contribution in [-0.2, 0) is 9.31 Å². The van der Waals surface area contributed by atoms with Crippen LogP contribution in [0, 0.1) is 11.3 Å². The number of aromatic amines is 1. The Hall–Kier alpha value is -1.77. The number of hydrogen-bond donors (Lipinski definition) is 1. The molecule has 2 aromatic rings. The van der Waals surface area contributed by atoms with Crippen molar-refractivity contribution in [3.63, 3.8) is 0 Å². The molecule has 0 unspecified atom stereocenters. The highest BCUT2D eigenvalue weighted by Gasteiger charge is 2.52. The predicted molar refractivity (Wildman–Crippen MR) is 78.7 cm³/mol. The van der Waals surface area contributed by atoms with Crippen molar-refractivity contribution in [1.82, 2.24) is 4.98 Å². The summed E-state index contributed by atoms with van der Waals surface area (Å²) in [5.74, 6) is 0. The smallest absolute Gasteiger partial charge is 0.399 e. The third kappa shape index (κ3) is 1.76. The summed E-state index contributed by atoms with van der Waals surface area (Å²) >= 11 is 0. The molecule has 102 valence electrons. The number of nitriles is 1. The zero-order chi connectivity index (χ0) is 14.5. The van der Waals surface area contributed by atoms with E-state index < -0.39 is 7.12 Å². The van der Waals surface area contributed by atoms with Crippen molar-refractivity contribution in [1.29, 1.82) is 5.26 Å². The largest absolute Gasteiger partial charge is 0.495 e. The number of fused-ring (bicyclic) bond motifs is 1. The number of aromatic nitrogens is 1. The normalized spacial score (nSPS) is 20.2. The molecule has 0 aliphatic carbocycles.